The van der Waals surface area contributed by atoms with Crippen LogP contribution in [0, 0.1) is 4.91 Å². The van der Waals surface area contributed by atoms with Crippen molar-refractivity contribution in [3.05, 3.63) is 4.91 Å². The smallest absolute Gasteiger partial charge is 0.341 e. The zero-order valence-corrected chi connectivity index (χ0v) is 8.52. The predicted octanol–water partition coefficient (Wildman–Crippen LogP) is 1.37. The highest BCUT2D eigenvalue weighted by atomic mass is 127. The number of nitrogens with zero attached hydrogens (tertiary/aromatic N) is 2. The summed E-state index contributed by atoms with van der Waals surface area (Å²) in [5.41, 5.74) is 0. The summed E-state index contributed by atoms with van der Waals surface area (Å²) in [6.45, 7) is 0.443. The molecule has 0 saturated carbocycles. The zero-order valence-electron chi connectivity index (χ0n) is 6.36. The van der Waals surface area contributed by atoms with Gasteiger partial charge in [0.05, 0.1) is 5.29 Å². The van der Waals surface area contributed by atoms with Gasteiger partial charge in [0.15, 0.2) is 0 Å². The SMILES string of the molecule is O=NN1CCCCC1(I)C(=O)O. The first-order chi connectivity index (χ1) is 5.61. The quantitative estimate of drug-likeness (QED) is 0.360. The number of hydrogen-bond acceptors (Lipinski definition) is 3. The number of nitroso groups, excluding NO2 is 1. The Kier molecular flexibility index (Phi) is 2.86. The number of rotatable bonds is 2. The van der Waals surface area contributed by atoms with Crippen LogP contribution in [0.5, 0.6) is 0 Å². The lowest BCUT2D eigenvalue weighted by atomic mass is 10.0. The number of carbonyl (C=O) groups is 1. The predicted molar refractivity (Wildman–Crippen MR) is 50.7 cm³/mol. The van der Waals surface area contributed by atoms with Gasteiger partial charge in [0, 0.05) is 6.54 Å². The lowest BCUT2D eigenvalue weighted by Crippen LogP contribution is -2.49. The lowest BCUT2D eigenvalue weighted by molar-refractivity contribution is -0.145. The second-order valence-corrected chi connectivity index (χ2v) is 4.51. The number of halogens is 1. The average Bonchev–Trinajstić information content (AvgIpc) is 2.05. The normalized spacial score (nSPS) is 29.9. The second kappa shape index (κ2) is 3.55. The van der Waals surface area contributed by atoms with Crippen molar-refractivity contribution >= 4 is 28.6 Å². The van der Waals surface area contributed by atoms with Gasteiger partial charge in [-0.05, 0) is 41.9 Å². The minimum Gasteiger partial charge on any atom is -0.479 e. The molecule has 12 heavy (non-hydrogen) atoms. The highest BCUT2D eigenvalue weighted by molar-refractivity contribution is 14.1. The number of hydrogen-bond donors (Lipinski definition) is 1. The van der Waals surface area contributed by atoms with Gasteiger partial charge < -0.3 is 5.11 Å². The summed E-state index contributed by atoms with van der Waals surface area (Å²) in [6.07, 6.45) is 2.15. The average molecular weight is 284 g/mol. The fourth-order valence-electron chi connectivity index (χ4n) is 1.25. The molecule has 0 aromatic carbocycles. The first kappa shape index (κ1) is 9.69. The van der Waals surface area contributed by atoms with Crippen LogP contribution in [0.25, 0.3) is 0 Å². The first-order valence-corrected chi connectivity index (χ1v) is 4.72. The van der Waals surface area contributed by atoms with E-state index in [1.54, 1.807) is 22.6 Å². The molecule has 1 heterocycles. The van der Waals surface area contributed by atoms with Gasteiger partial charge in [0.25, 0.3) is 0 Å². The summed E-state index contributed by atoms with van der Waals surface area (Å²) >= 11 is 1.77. The molecule has 1 rings (SSSR count). The Hall–Kier alpha value is -0.400. The third-order valence-corrected chi connectivity index (χ3v) is 3.52. The molecule has 0 radical (unpaired) electrons. The molecule has 1 atom stereocenters. The largest absolute Gasteiger partial charge is 0.479 e. The van der Waals surface area contributed by atoms with Gasteiger partial charge in [-0.15, -0.1) is 4.91 Å². The fourth-order valence-corrected chi connectivity index (χ4v) is 1.96. The van der Waals surface area contributed by atoms with E-state index in [2.05, 4.69) is 5.29 Å². The zero-order chi connectivity index (χ0) is 9.19. The molecule has 0 amide bonds. The van der Waals surface area contributed by atoms with Crippen LogP contribution in [0.1, 0.15) is 19.3 Å². The Morgan fingerprint density at radius 2 is 2.25 bits per heavy atom. The van der Waals surface area contributed by atoms with E-state index in [4.69, 9.17) is 5.11 Å². The number of carboxylic acids is 1. The summed E-state index contributed by atoms with van der Waals surface area (Å²) in [4.78, 5) is 21.1. The van der Waals surface area contributed by atoms with Crippen molar-refractivity contribution in [2.24, 2.45) is 5.29 Å². The molecule has 0 aromatic rings. The molecule has 1 fully saturated rings. The molecule has 68 valence electrons. The molecule has 1 aliphatic rings. The maximum atomic E-state index is 10.8. The molecule has 1 saturated heterocycles. The van der Waals surface area contributed by atoms with E-state index in [0.717, 1.165) is 17.9 Å². The van der Waals surface area contributed by atoms with E-state index in [0.29, 0.717) is 13.0 Å². The standard InChI is InChI=1S/C6H9IN2O3/c7-6(5(10)11)3-1-2-4-9(6)8-12/h1-4H2,(H,10,11). The molecule has 6 heteroatoms. The van der Waals surface area contributed by atoms with E-state index >= 15 is 0 Å². The highest BCUT2D eigenvalue weighted by Gasteiger charge is 2.44. The maximum absolute atomic E-state index is 10.8. The molecule has 5 nitrogen and oxygen atoms in total. The van der Waals surface area contributed by atoms with E-state index in [1.807, 2.05) is 0 Å². The van der Waals surface area contributed by atoms with Crippen molar-refractivity contribution in [1.82, 2.24) is 5.01 Å². The third-order valence-electron chi connectivity index (χ3n) is 1.96. The lowest BCUT2D eigenvalue weighted by Gasteiger charge is -2.35. The molecule has 0 aliphatic carbocycles. The number of piperidine rings is 1. The number of aliphatic carboxylic acids is 1. The first-order valence-electron chi connectivity index (χ1n) is 3.64. The van der Waals surface area contributed by atoms with Crippen molar-refractivity contribution in [1.29, 1.82) is 0 Å². The molecule has 1 unspecified atom stereocenters. The number of alkyl halides is 1. The molecule has 1 aliphatic heterocycles. The highest BCUT2D eigenvalue weighted by Crippen LogP contribution is 2.34. The molecule has 1 N–H and O–H groups in total. The summed E-state index contributed by atoms with van der Waals surface area (Å²) in [5.74, 6) is -0.984. The second-order valence-electron chi connectivity index (χ2n) is 2.73. The maximum Gasteiger partial charge on any atom is 0.341 e. The van der Waals surface area contributed by atoms with Gasteiger partial charge >= 0.3 is 5.97 Å². The van der Waals surface area contributed by atoms with Crippen molar-refractivity contribution in [2.75, 3.05) is 6.54 Å². The van der Waals surface area contributed by atoms with E-state index < -0.39 is 9.51 Å². The summed E-state index contributed by atoms with van der Waals surface area (Å²) < 4.78 is -1.11. The Balaban J connectivity index is 2.82. The molecular weight excluding hydrogens is 275 g/mol. The van der Waals surface area contributed by atoms with Gasteiger partial charge in [-0.1, -0.05) is 0 Å². The van der Waals surface area contributed by atoms with E-state index in [-0.39, 0.29) is 0 Å². The molecule has 0 aromatic heterocycles. The van der Waals surface area contributed by atoms with Crippen molar-refractivity contribution in [3.8, 4) is 0 Å². The van der Waals surface area contributed by atoms with Crippen LogP contribution < -0.4 is 0 Å². The van der Waals surface area contributed by atoms with Crippen LogP contribution in [0.15, 0.2) is 5.29 Å². The summed E-state index contributed by atoms with van der Waals surface area (Å²) in [7, 11) is 0. The molecule has 0 bridgehead atoms. The van der Waals surface area contributed by atoms with Crippen molar-refractivity contribution < 1.29 is 9.90 Å². The van der Waals surface area contributed by atoms with Crippen LogP contribution in [-0.2, 0) is 4.79 Å². The third kappa shape index (κ3) is 1.52. The van der Waals surface area contributed by atoms with Crippen LogP contribution in [0.2, 0.25) is 0 Å². The van der Waals surface area contributed by atoms with Gasteiger partial charge in [-0.2, -0.15) is 0 Å². The van der Waals surface area contributed by atoms with Gasteiger partial charge in [-0.25, -0.2) is 9.80 Å². The Bertz CT molecular complexity index is 211. The Labute approximate surface area is 83.2 Å². The topological polar surface area (TPSA) is 70.0 Å². The van der Waals surface area contributed by atoms with Crippen LogP contribution in [0.4, 0.5) is 0 Å². The fraction of sp³-hybridized carbons (Fsp3) is 0.833. The van der Waals surface area contributed by atoms with Gasteiger partial charge in [0.2, 0.25) is 3.55 Å². The molecule has 0 spiro atoms. The number of carboxylic acid groups (broad SMARTS) is 1. The summed E-state index contributed by atoms with van der Waals surface area (Å²) in [5, 5.41) is 12.7. The minimum absolute atomic E-state index is 0.443. The van der Waals surface area contributed by atoms with Gasteiger partial charge in [-0.3, -0.25) is 0 Å². The minimum atomic E-state index is -1.11. The Morgan fingerprint density at radius 1 is 1.58 bits per heavy atom. The summed E-state index contributed by atoms with van der Waals surface area (Å²) in [6, 6.07) is 0. The monoisotopic (exact) mass is 284 g/mol. The van der Waals surface area contributed by atoms with Crippen molar-refractivity contribution in [2.45, 2.75) is 22.8 Å². The Morgan fingerprint density at radius 3 is 2.67 bits per heavy atom. The van der Waals surface area contributed by atoms with Crippen molar-refractivity contribution in [3.63, 3.8) is 0 Å². The van der Waals surface area contributed by atoms with Crippen LogP contribution in [-0.4, -0.2) is 26.2 Å². The van der Waals surface area contributed by atoms with E-state index in [1.165, 1.54) is 0 Å². The van der Waals surface area contributed by atoms with E-state index in [9.17, 15) is 9.70 Å². The van der Waals surface area contributed by atoms with Gasteiger partial charge in [0.1, 0.15) is 0 Å². The molecular formula is C6H9IN2O3. The van der Waals surface area contributed by atoms with Crippen LogP contribution >= 0.6 is 22.6 Å². The van der Waals surface area contributed by atoms with Crippen LogP contribution in [0.3, 0.4) is 0 Å².